The van der Waals surface area contributed by atoms with Crippen LogP contribution in [0.4, 0.5) is 0 Å². The van der Waals surface area contributed by atoms with E-state index in [0.29, 0.717) is 24.7 Å². The van der Waals surface area contributed by atoms with Crippen molar-refractivity contribution in [1.29, 1.82) is 0 Å². The van der Waals surface area contributed by atoms with Gasteiger partial charge in [0.2, 0.25) is 0 Å². The molecular formula is C14H17ClO3. The van der Waals surface area contributed by atoms with Crippen molar-refractivity contribution in [3.05, 3.63) is 29.8 Å². The van der Waals surface area contributed by atoms with E-state index >= 15 is 0 Å². The molecule has 0 amide bonds. The van der Waals surface area contributed by atoms with Gasteiger partial charge >= 0.3 is 0 Å². The monoisotopic (exact) mass is 268 g/mol. The van der Waals surface area contributed by atoms with Crippen LogP contribution in [0.15, 0.2) is 24.3 Å². The highest BCUT2D eigenvalue weighted by Crippen LogP contribution is 2.28. The molecule has 1 aromatic carbocycles. The van der Waals surface area contributed by atoms with Crippen molar-refractivity contribution in [3.8, 4) is 11.5 Å². The topological polar surface area (TPSA) is 35.5 Å². The average Bonchev–Trinajstić information content (AvgIpc) is 2.39. The molecule has 0 heterocycles. The van der Waals surface area contributed by atoms with Crippen molar-refractivity contribution < 1.29 is 14.3 Å². The minimum absolute atomic E-state index is 0.00809. The average molecular weight is 269 g/mol. The Bertz CT molecular complexity index is 427. The summed E-state index contributed by atoms with van der Waals surface area (Å²) in [5, 5.41) is 0. The second kappa shape index (κ2) is 7.77. The summed E-state index contributed by atoms with van der Waals surface area (Å²) in [5.74, 6) is 1.26. The van der Waals surface area contributed by atoms with Gasteiger partial charge in [-0.1, -0.05) is 12.1 Å². The van der Waals surface area contributed by atoms with Crippen molar-refractivity contribution in [3.63, 3.8) is 0 Å². The maximum atomic E-state index is 11.1. The van der Waals surface area contributed by atoms with E-state index in [4.69, 9.17) is 21.1 Å². The predicted octanol–water partition coefficient (Wildman–Crippen LogP) is 3.31. The maximum Gasteiger partial charge on any atom is 0.170 e. The van der Waals surface area contributed by atoms with Crippen molar-refractivity contribution in [2.45, 2.75) is 13.8 Å². The van der Waals surface area contributed by atoms with Crippen LogP contribution in [-0.2, 0) is 4.79 Å². The van der Waals surface area contributed by atoms with Gasteiger partial charge in [0, 0.05) is 0 Å². The lowest BCUT2D eigenvalue weighted by Crippen LogP contribution is -1.98. The van der Waals surface area contributed by atoms with Crippen molar-refractivity contribution in [1.82, 2.24) is 0 Å². The van der Waals surface area contributed by atoms with Crippen LogP contribution in [-0.4, -0.2) is 24.9 Å². The molecule has 4 heteroatoms. The molecule has 0 aromatic heterocycles. The fourth-order valence-electron chi connectivity index (χ4n) is 1.41. The molecule has 0 radical (unpaired) electrons. The summed E-state index contributed by atoms with van der Waals surface area (Å²) in [6.07, 6.45) is 3.17. The zero-order valence-corrected chi connectivity index (χ0v) is 11.4. The SMILES string of the molecule is CCOc1ccc(C=CC(=O)CCl)cc1OCC. The number of halogens is 1. The molecule has 0 N–H and O–H groups in total. The van der Waals surface area contributed by atoms with E-state index in [9.17, 15) is 4.79 Å². The van der Waals surface area contributed by atoms with Crippen LogP contribution < -0.4 is 9.47 Å². The number of rotatable bonds is 7. The largest absolute Gasteiger partial charge is 0.490 e. The van der Waals surface area contributed by atoms with Gasteiger partial charge in [-0.25, -0.2) is 0 Å². The summed E-state index contributed by atoms with van der Waals surface area (Å²) in [7, 11) is 0. The summed E-state index contributed by atoms with van der Waals surface area (Å²) < 4.78 is 10.9. The van der Waals surface area contributed by atoms with Crippen LogP contribution in [0, 0.1) is 0 Å². The third kappa shape index (κ3) is 4.41. The van der Waals surface area contributed by atoms with Gasteiger partial charge < -0.3 is 9.47 Å². The van der Waals surface area contributed by atoms with Gasteiger partial charge in [-0.2, -0.15) is 0 Å². The normalized spacial score (nSPS) is 10.6. The lowest BCUT2D eigenvalue weighted by Gasteiger charge is -2.11. The summed E-state index contributed by atoms with van der Waals surface area (Å²) in [6, 6.07) is 5.54. The summed E-state index contributed by atoms with van der Waals surface area (Å²) in [5.41, 5.74) is 0.875. The number of allylic oxidation sites excluding steroid dienone is 1. The molecule has 0 atom stereocenters. The lowest BCUT2D eigenvalue weighted by molar-refractivity contribution is -0.112. The molecule has 0 aliphatic heterocycles. The van der Waals surface area contributed by atoms with E-state index in [-0.39, 0.29) is 11.7 Å². The van der Waals surface area contributed by atoms with Gasteiger partial charge in [-0.05, 0) is 37.6 Å². The molecule has 0 spiro atoms. The molecule has 0 aliphatic rings. The number of carbonyl (C=O) groups is 1. The fourth-order valence-corrected chi connectivity index (χ4v) is 1.49. The first-order valence-electron chi connectivity index (χ1n) is 5.87. The Morgan fingerprint density at radius 3 is 2.50 bits per heavy atom. The molecule has 1 rings (SSSR count). The molecule has 98 valence electrons. The number of alkyl halides is 1. The van der Waals surface area contributed by atoms with Crippen LogP contribution in [0.3, 0.4) is 0 Å². The zero-order valence-electron chi connectivity index (χ0n) is 10.6. The van der Waals surface area contributed by atoms with Gasteiger partial charge in [0.05, 0.1) is 19.1 Å². The van der Waals surface area contributed by atoms with Gasteiger partial charge in [-0.15, -0.1) is 11.6 Å². The highest BCUT2D eigenvalue weighted by molar-refractivity contribution is 6.29. The van der Waals surface area contributed by atoms with Crippen LogP contribution in [0.5, 0.6) is 11.5 Å². The third-order valence-corrected chi connectivity index (χ3v) is 2.42. The van der Waals surface area contributed by atoms with Crippen molar-refractivity contribution >= 4 is 23.5 Å². The Hall–Kier alpha value is -1.48. The molecule has 0 aliphatic carbocycles. The predicted molar refractivity (Wildman–Crippen MR) is 73.5 cm³/mol. The molecule has 3 nitrogen and oxygen atoms in total. The molecule has 0 bridgehead atoms. The minimum Gasteiger partial charge on any atom is -0.490 e. The lowest BCUT2D eigenvalue weighted by atomic mass is 10.1. The van der Waals surface area contributed by atoms with Crippen molar-refractivity contribution in [2.75, 3.05) is 19.1 Å². The Kier molecular flexibility index (Phi) is 6.29. The fraction of sp³-hybridized carbons (Fsp3) is 0.357. The summed E-state index contributed by atoms with van der Waals surface area (Å²) in [6.45, 7) is 4.98. The highest BCUT2D eigenvalue weighted by atomic mass is 35.5. The number of ether oxygens (including phenoxy) is 2. The van der Waals surface area contributed by atoms with Gasteiger partial charge in [0.1, 0.15) is 0 Å². The quantitative estimate of drug-likeness (QED) is 0.562. The van der Waals surface area contributed by atoms with E-state index < -0.39 is 0 Å². The third-order valence-electron chi connectivity index (χ3n) is 2.16. The van der Waals surface area contributed by atoms with Gasteiger partial charge in [0.25, 0.3) is 0 Å². The summed E-state index contributed by atoms with van der Waals surface area (Å²) >= 11 is 5.42. The maximum absolute atomic E-state index is 11.1. The second-order valence-electron chi connectivity index (χ2n) is 3.51. The van der Waals surface area contributed by atoms with E-state index in [1.165, 1.54) is 6.08 Å². The van der Waals surface area contributed by atoms with Gasteiger partial charge in [-0.3, -0.25) is 4.79 Å². The van der Waals surface area contributed by atoms with E-state index in [0.717, 1.165) is 5.56 Å². The van der Waals surface area contributed by atoms with E-state index in [1.54, 1.807) is 6.08 Å². The first-order chi connectivity index (χ1) is 8.71. The van der Waals surface area contributed by atoms with Crippen molar-refractivity contribution in [2.24, 2.45) is 0 Å². The van der Waals surface area contributed by atoms with E-state index in [2.05, 4.69) is 0 Å². The van der Waals surface area contributed by atoms with E-state index in [1.807, 2.05) is 32.0 Å². The number of hydrogen-bond acceptors (Lipinski definition) is 3. The first-order valence-corrected chi connectivity index (χ1v) is 6.41. The number of ketones is 1. The molecular weight excluding hydrogens is 252 g/mol. The zero-order chi connectivity index (χ0) is 13.4. The Morgan fingerprint density at radius 2 is 1.89 bits per heavy atom. The minimum atomic E-state index is -0.122. The number of benzene rings is 1. The smallest absolute Gasteiger partial charge is 0.170 e. The highest BCUT2D eigenvalue weighted by Gasteiger charge is 2.04. The number of carbonyl (C=O) groups excluding carboxylic acids is 1. The first kappa shape index (κ1) is 14.6. The van der Waals surface area contributed by atoms with Crippen LogP contribution in [0.25, 0.3) is 6.08 Å². The Balaban J connectivity index is 2.91. The molecule has 0 fully saturated rings. The van der Waals surface area contributed by atoms with Gasteiger partial charge in [0.15, 0.2) is 17.3 Å². The standard InChI is InChI=1S/C14H17ClO3/c1-3-17-13-8-6-11(5-7-12(16)10-15)9-14(13)18-4-2/h5-9H,3-4,10H2,1-2H3. The molecule has 0 unspecified atom stereocenters. The van der Waals surface area contributed by atoms with Crippen LogP contribution >= 0.6 is 11.6 Å². The Morgan fingerprint density at radius 1 is 1.22 bits per heavy atom. The van der Waals surface area contributed by atoms with Crippen LogP contribution in [0.2, 0.25) is 0 Å². The number of hydrogen-bond donors (Lipinski definition) is 0. The molecule has 0 saturated carbocycles. The molecule has 18 heavy (non-hydrogen) atoms. The Labute approximate surface area is 112 Å². The second-order valence-corrected chi connectivity index (χ2v) is 3.77. The van der Waals surface area contributed by atoms with Crippen LogP contribution in [0.1, 0.15) is 19.4 Å². The molecule has 1 aromatic rings. The molecule has 0 saturated heterocycles. The summed E-state index contributed by atoms with van der Waals surface area (Å²) in [4.78, 5) is 11.1.